The van der Waals surface area contributed by atoms with E-state index >= 15 is 0 Å². The zero-order chi connectivity index (χ0) is 21.2. The number of nitrogens with zero attached hydrogens (tertiary/aromatic N) is 1. The summed E-state index contributed by atoms with van der Waals surface area (Å²) in [6.07, 6.45) is 11.1. The van der Waals surface area contributed by atoms with Gasteiger partial charge in [0.1, 0.15) is 0 Å². The molecule has 2 bridgehead atoms. The topological polar surface area (TPSA) is 51.1 Å². The first-order valence-electron chi connectivity index (χ1n) is 11.1. The molecular formula is C26H26N2O2S. The molecule has 0 saturated carbocycles. The molecule has 5 heteroatoms. The molecule has 3 heterocycles. The maximum atomic E-state index is 13.3. The van der Waals surface area contributed by atoms with E-state index in [0.29, 0.717) is 27.8 Å². The Kier molecular flexibility index (Phi) is 4.27. The molecule has 1 saturated heterocycles. The molecule has 4 nitrogen and oxygen atoms in total. The molecule has 1 aliphatic carbocycles. The first kappa shape index (κ1) is 19.1. The van der Waals surface area contributed by atoms with Crippen LogP contribution in [0.25, 0.3) is 16.6 Å². The van der Waals surface area contributed by atoms with E-state index < -0.39 is 9.84 Å². The lowest BCUT2D eigenvalue weighted by molar-refractivity contribution is 0.509. The second-order valence-corrected chi connectivity index (χ2v) is 11.0. The van der Waals surface area contributed by atoms with E-state index in [4.69, 9.17) is 0 Å². The third-order valence-electron chi connectivity index (χ3n) is 7.03. The van der Waals surface area contributed by atoms with E-state index in [0.717, 1.165) is 30.2 Å². The summed E-state index contributed by atoms with van der Waals surface area (Å²) in [6, 6.07) is 15.2. The summed E-state index contributed by atoms with van der Waals surface area (Å²) in [5.74, 6) is 0.557. The quantitative estimate of drug-likeness (QED) is 0.617. The van der Waals surface area contributed by atoms with Crippen LogP contribution in [0.4, 0.5) is 0 Å². The van der Waals surface area contributed by atoms with Crippen LogP contribution >= 0.6 is 0 Å². The highest BCUT2D eigenvalue weighted by atomic mass is 32.2. The molecule has 0 spiro atoms. The van der Waals surface area contributed by atoms with Gasteiger partial charge in [-0.15, -0.1) is 0 Å². The Morgan fingerprint density at radius 1 is 1.03 bits per heavy atom. The molecule has 0 amide bonds. The van der Waals surface area contributed by atoms with Crippen LogP contribution in [0.1, 0.15) is 43.5 Å². The fourth-order valence-electron chi connectivity index (χ4n) is 5.46. The number of benzene rings is 2. The third-order valence-corrected chi connectivity index (χ3v) is 8.79. The largest absolute Gasteiger partial charge is 0.314 e. The smallest absolute Gasteiger partial charge is 0.206 e. The highest BCUT2D eigenvalue weighted by Crippen LogP contribution is 2.44. The minimum atomic E-state index is -3.55. The average Bonchev–Trinajstić information content (AvgIpc) is 3.33. The SMILES string of the molecule is CC1C=CC(n2c3c(c4cc(S(=O)(=O)c5ccccc5)ccc42)C2CCC(C3)N2)=CC1. The fourth-order valence-corrected chi connectivity index (χ4v) is 6.77. The van der Waals surface area contributed by atoms with Crippen molar-refractivity contribution in [2.75, 3.05) is 0 Å². The van der Waals surface area contributed by atoms with Crippen molar-refractivity contribution in [1.82, 2.24) is 9.88 Å². The molecule has 0 radical (unpaired) electrons. The molecule has 2 aromatic carbocycles. The van der Waals surface area contributed by atoms with Crippen molar-refractivity contribution in [3.63, 3.8) is 0 Å². The van der Waals surface area contributed by atoms with Crippen molar-refractivity contribution in [3.8, 4) is 0 Å². The maximum absolute atomic E-state index is 13.3. The van der Waals surface area contributed by atoms with Gasteiger partial charge in [-0.25, -0.2) is 8.42 Å². The van der Waals surface area contributed by atoms with Crippen LogP contribution in [0, 0.1) is 5.92 Å². The van der Waals surface area contributed by atoms with E-state index in [9.17, 15) is 8.42 Å². The van der Waals surface area contributed by atoms with Gasteiger partial charge in [-0.3, -0.25) is 0 Å². The molecule has 1 fully saturated rings. The van der Waals surface area contributed by atoms with Gasteiger partial charge < -0.3 is 9.88 Å². The summed E-state index contributed by atoms with van der Waals surface area (Å²) in [5, 5.41) is 4.82. The summed E-state index contributed by atoms with van der Waals surface area (Å²) in [7, 11) is -3.55. The number of rotatable bonds is 3. The molecule has 1 aromatic heterocycles. The zero-order valence-electron chi connectivity index (χ0n) is 17.6. The van der Waals surface area contributed by atoms with Gasteiger partial charge in [-0.05, 0) is 67.2 Å². The lowest BCUT2D eigenvalue weighted by Gasteiger charge is -2.25. The Hall–Kier alpha value is -2.63. The molecule has 3 aliphatic rings. The van der Waals surface area contributed by atoms with Gasteiger partial charge in [0.15, 0.2) is 0 Å². The Morgan fingerprint density at radius 2 is 1.87 bits per heavy atom. The Bertz CT molecular complexity index is 1350. The van der Waals surface area contributed by atoms with Crippen molar-refractivity contribution in [1.29, 1.82) is 0 Å². The lowest BCUT2D eigenvalue weighted by Crippen LogP contribution is -2.32. The molecule has 2 aliphatic heterocycles. The van der Waals surface area contributed by atoms with E-state index in [1.54, 1.807) is 30.3 Å². The Labute approximate surface area is 183 Å². The van der Waals surface area contributed by atoms with Crippen LogP contribution in [-0.2, 0) is 16.3 Å². The number of fused-ring (bicyclic) bond motifs is 6. The van der Waals surface area contributed by atoms with Crippen LogP contribution in [0.15, 0.2) is 76.5 Å². The highest BCUT2D eigenvalue weighted by Gasteiger charge is 2.37. The van der Waals surface area contributed by atoms with Crippen LogP contribution in [-0.4, -0.2) is 19.0 Å². The van der Waals surface area contributed by atoms with Crippen molar-refractivity contribution in [2.24, 2.45) is 5.92 Å². The summed E-state index contributed by atoms with van der Waals surface area (Å²) in [5.41, 5.74) is 4.96. The van der Waals surface area contributed by atoms with Gasteiger partial charge in [0.05, 0.1) is 15.3 Å². The second kappa shape index (κ2) is 6.94. The molecular weight excluding hydrogens is 404 g/mol. The molecule has 158 valence electrons. The fraction of sp³-hybridized carbons (Fsp3) is 0.308. The molecule has 1 N–H and O–H groups in total. The van der Waals surface area contributed by atoms with Crippen LogP contribution in [0.2, 0.25) is 0 Å². The Balaban J connectivity index is 1.58. The lowest BCUT2D eigenvalue weighted by atomic mass is 9.98. The summed E-state index contributed by atoms with van der Waals surface area (Å²) in [4.78, 5) is 0.710. The predicted molar refractivity (Wildman–Crippen MR) is 124 cm³/mol. The third kappa shape index (κ3) is 2.94. The van der Waals surface area contributed by atoms with Crippen LogP contribution in [0.3, 0.4) is 0 Å². The van der Waals surface area contributed by atoms with E-state index in [1.807, 2.05) is 18.2 Å². The number of sulfone groups is 1. The minimum Gasteiger partial charge on any atom is -0.314 e. The summed E-state index contributed by atoms with van der Waals surface area (Å²) < 4.78 is 29.0. The normalized spacial score (nSPS) is 24.9. The maximum Gasteiger partial charge on any atom is 0.206 e. The van der Waals surface area contributed by atoms with Crippen LogP contribution in [0.5, 0.6) is 0 Å². The molecule has 3 aromatic rings. The number of hydrogen-bond donors (Lipinski definition) is 1. The minimum absolute atomic E-state index is 0.305. The van der Waals surface area contributed by atoms with E-state index in [2.05, 4.69) is 35.0 Å². The molecule has 3 unspecified atom stereocenters. The first-order chi connectivity index (χ1) is 15.0. The first-order valence-corrected chi connectivity index (χ1v) is 12.6. The average molecular weight is 431 g/mol. The van der Waals surface area contributed by atoms with E-state index in [-0.39, 0.29) is 0 Å². The second-order valence-electron chi connectivity index (χ2n) is 9.09. The molecule has 3 atom stereocenters. The van der Waals surface area contributed by atoms with Gasteiger partial charge in [-0.1, -0.05) is 37.3 Å². The van der Waals surface area contributed by atoms with Gasteiger partial charge in [0.25, 0.3) is 0 Å². The van der Waals surface area contributed by atoms with Gasteiger partial charge in [0.2, 0.25) is 9.84 Å². The van der Waals surface area contributed by atoms with E-state index in [1.165, 1.54) is 23.4 Å². The standard InChI is InChI=1S/C26H26N2O2S/c1-17-7-10-19(11-8-17)28-24-14-12-21(31(29,30)20-5-3-2-4-6-20)16-22(24)26-23-13-9-18(27-23)15-25(26)28/h2-7,10-12,14,16-18,23,27H,8-9,13,15H2,1H3. The zero-order valence-corrected chi connectivity index (χ0v) is 18.4. The van der Waals surface area contributed by atoms with Crippen molar-refractivity contribution in [2.45, 2.75) is 54.5 Å². The number of allylic oxidation sites excluding steroid dienone is 4. The van der Waals surface area contributed by atoms with Gasteiger partial charge in [0, 0.05) is 35.3 Å². The summed E-state index contributed by atoms with van der Waals surface area (Å²) >= 11 is 0. The Morgan fingerprint density at radius 3 is 2.65 bits per heavy atom. The van der Waals surface area contributed by atoms with Crippen molar-refractivity contribution < 1.29 is 8.42 Å². The highest BCUT2D eigenvalue weighted by molar-refractivity contribution is 7.91. The monoisotopic (exact) mass is 430 g/mol. The number of nitrogens with one attached hydrogen (secondary N) is 1. The molecule has 31 heavy (non-hydrogen) atoms. The van der Waals surface area contributed by atoms with Crippen molar-refractivity contribution in [3.05, 3.63) is 78.0 Å². The number of aromatic nitrogens is 1. The van der Waals surface area contributed by atoms with Crippen LogP contribution < -0.4 is 5.32 Å². The number of hydrogen-bond acceptors (Lipinski definition) is 3. The van der Waals surface area contributed by atoms with Gasteiger partial charge in [-0.2, -0.15) is 0 Å². The van der Waals surface area contributed by atoms with Crippen molar-refractivity contribution >= 4 is 26.4 Å². The van der Waals surface area contributed by atoms with Gasteiger partial charge >= 0.3 is 0 Å². The predicted octanol–water partition coefficient (Wildman–Crippen LogP) is 5.26. The summed E-state index contributed by atoms with van der Waals surface area (Å²) in [6.45, 7) is 2.23. The molecule has 6 rings (SSSR count).